The van der Waals surface area contributed by atoms with Crippen LogP contribution in [0.3, 0.4) is 0 Å². The lowest BCUT2D eigenvalue weighted by molar-refractivity contribution is -0.137. The highest BCUT2D eigenvalue weighted by molar-refractivity contribution is 6.35. The Morgan fingerprint density at radius 3 is 2.26 bits per heavy atom. The summed E-state index contributed by atoms with van der Waals surface area (Å²) in [6, 6.07) is 7.53. The molecule has 144 valence electrons. The highest BCUT2D eigenvalue weighted by Gasteiger charge is 2.32. The van der Waals surface area contributed by atoms with Gasteiger partial charge in [-0.15, -0.1) is 0 Å². The maximum Gasteiger partial charge on any atom is 0.416 e. The minimum Gasteiger partial charge on any atom is -0.378 e. The number of anilines is 2. The molecule has 2 aromatic carbocycles. The lowest BCUT2D eigenvalue weighted by Gasteiger charge is -2.31. The Balaban J connectivity index is 1.96. The van der Waals surface area contributed by atoms with Gasteiger partial charge in [-0.05, 0) is 36.4 Å². The number of morpholine rings is 1. The normalized spacial score (nSPS) is 14.9. The smallest absolute Gasteiger partial charge is 0.378 e. The van der Waals surface area contributed by atoms with Crippen molar-refractivity contribution < 1.29 is 22.7 Å². The molecule has 4 nitrogen and oxygen atoms in total. The van der Waals surface area contributed by atoms with E-state index in [9.17, 15) is 18.0 Å². The summed E-state index contributed by atoms with van der Waals surface area (Å²) >= 11 is 11.8. The molecule has 0 bridgehead atoms. The van der Waals surface area contributed by atoms with Crippen molar-refractivity contribution in [3.63, 3.8) is 0 Å². The van der Waals surface area contributed by atoms with Crippen LogP contribution in [0.5, 0.6) is 0 Å². The zero-order valence-corrected chi connectivity index (χ0v) is 15.5. The van der Waals surface area contributed by atoms with Gasteiger partial charge in [0.05, 0.1) is 30.2 Å². The predicted octanol–water partition coefficient (Wildman–Crippen LogP) is 5.10. The minimum atomic E-state index is -4.53. The molecule has 1 aliphatic rings. The number of nitrogens with one attached hydrogen (secondary N) is 1. The van der Waals surface area contributed by atoms with Crippen molar-refractivity contribution in [2.24, 2.45) is 0 Å². The number of ether oxygens (including phenoxy) is 1. The maximum atomic E-state index is 13.1. The van der Waals surface area contributed by atoms with Crippen LogP contribution in [0.4, 0.5) is 24.5 Å². The highest BCUT2D eigenvalue weighted by atomic mass is 35.5. The van der Waals surface area contributed by atoms with Crippen LogP contribution in [0.15, 0.2) is 36.4 Å². The number of alkyl halides is 3. The number of rotatable bonds is 3. The lowest BCUT2D eigenvalue weighted by atomic mass is 10.1. The van der Waals surface area contributed by atoms with Gasteiger partial charge in [-0.2, -0.15) is 13.2 Å². The van der Waals surface area contributed by atoms with Crippen LogP contribution in [0.2, 0.25) is 10.0 Å². The van der Waals surface area contributed by atoms with Crippen molar-refractivity contribution in [2.45, 2.75) is 6.18 Å². The number of amides is 1. The van der Waals surface area contributed by atoms with E-state index in [1.54, 1.807) is 0 Å². The van der Waals surface area contributed by atoms with E-state index in [0.717, 1.165) is 12.1 Å². The minimum absolute atomic E-state index is 0.0628. The molecule has 9 heteroatoms. The fourth-order valence-corrected chi connectivity index (χ4v) is 3.30. The van der Waals surface area contributed by atoms with Gasteiger partial charge in [0, 0.05) is 28.7 Å². The summed E-state index contributed by atoms with van der Waals surface area (Å²) in [4.78, 5) is 14.4. The standard InChI is InChI=1S/C18H15Cl2F3N2O2/c19-13-7-11(8-14(20)10-13)17(26)24-15-9-12(18(21,22)23)1-2-16(15)25-3-5-27-6-4-25/h1-2,7-10H,3-6H2,(H,24,26). The zero-order valence-electron chi connectivity index (χ0n) is 13.9. The average Bonchev–Trinajstić information content (AvgIpc) is 2.61. The van der Waals surface area contributed by atoms with Gasteiger partial charge in [0.25, 0.3) is 5.91 Å². The average molecular weight is 419 g/mol. The number of hydrogen-bond acceptors (Lipinski definition) is 3. The fourth-order valence-electron chi connectivity index (χ4n) is 2.77. The first kappa shape index (κ1) is 19.8. The predicted molar refractivity (Wildman–Crippen MR) is 98.9 cm³/mol. The molecule has 0 aliphatic carbocycles. The third-order valence-electron chi connectivity index (χ3n) is 4.05. The molecule has 1 fully saturated rings. The van der Waals surface area contributed by atoms with Gasteiger partial charge >= 0.3 is 6.18 Å². The number of benzene rings is 2. The van der Waals surface area contributed by atoms with E-state index >= 15 is 0 Å². The molecular formula is C18H15Cl2F3N2O2. The van der Waals surface area contributed by atoms with Gasteiger partial charge in [-0.1, -0.05) is 23.2 Å². The molecule has 0 spiro atoms. The van der Waals surface area contributed by atoms with E-state index in [-0.39, 0.29) is 21.3 Å². The molecule has 1 amide bonds. The van der Waals surface area contributed by atoms with Crippen LogP contribution in [-0.4, -0.2) is 32.2 Å². The second-order valence-corrected chi connectivity index (χ2v) is 6.81. The molecule has 0 aromatic heterocycles. The Hall–Kier alpha value is -1.96. The van der Waals surface area contributed by atoms with E-state index < -0.39 is 17.6 Å². The van der Waals surface area contributed by atoms with E-state index in [1.807, 2.05) is 4.90 Å². The third kappa shape index (κ3) is 4.86. The second kappa shape index (κ2) is 7.96. The largest absolute Gasteiger partial charge is 0.416 e. The van der Waals surface area contributed by atoms with Crippen LogP contribution >= 0.6 is 23.2 Å². The molecule has 27 heavy (non-hydrogen) atoms. The molecule has 1 saturated heterocycles. The number of carbonyl (C=O) groups excluding carboxylic acids is 1. The molecule has 3 rings (SSSR count). The SMILES string of the molecule is O=C(Nc1cc(C(F)(F)F)ccc1N1CCOCC1)c1cc(Cl)cc(Cl)c1. The van der Waals surface area contributed by atoms with E-state index in [4.69, 9.17) is 27.9 Å². The van der Waals surface area contributed by atoms with Gasteiger partial charge < -0.3 is 15.0 Å². The Labute approximate surface area is 163 Å². The maximum absolute atomic E-state index is 13.1. The Morgan fingerprint density at radius 1 is 1.04 bits per heavy atom. The summed E-state index contributed by atoms with van der Waals surface area (Å²) in [5, 5.41) is 3.06. The van der Waals surface area contributed by atoms with Gasteiger partial charge in [0.1, 0.15) is 0 Å². The first-order valence-electron chi connectivity index (χ1n) is 8.05. The van der Waals surface area contributed by atoms with Gasteiger partial charge in [-0.3, -0.25) is 4.79 Å². The van der Waals surface area contributed by atoms with Crippen molar-refractivity contribution in [3.05, 3.63) is 57.6 Å². The monoisotopic (exact) mass is 418 g/mol. The summed E-state index contributed by atoms with van der Waals surface area (Å²) in [6.07, 6.45) is -4.53. The number of halogens is 5. The molecule has 1 heterocycles. The molecular weight excluding hydrogens is 404 g/mol. The van der Waals surface area contributed by atoms with Crippen molar-refractivity contribution in [1.29, 1.82) is 0 Å². The van der Waals surface area contributed by atoms with E-state index in [2.05, 4.69) is 5.32 Å². The molecule has 1 N–H and O–H groups in total. The van der Waals surface area contributed by atoms with Crippen molar-refractivity contribution in [1.82, 2.24) is 0 Å². The molecule has 0 atom stereocenters. The Kier molecular flexibility index (Phi) is 5.83. The van der Waals surface area contributed by atoms with Gasteiger partial charge in [0.15, 0.2) is 0 Å². The summed E-state index contributed by atoms with van der Waals surface area (Å²) in [7, 11) is 0. The first-order chi connectivity index (χ1) is 12.7. The summed E-state index contributed by atoms with van der Waals surface area (Å²) in [5.74, 6) is -0.603. The lowest BCUT2D eigenvalue weighted by Crippen LogP contribution is -2.36. The van der Waals surface area contributed by atoms with Crippen molar-refractivity contribution in [2.75, 3.05) is 36.5 Å². The third-order valence-corrected chi connectivity index (χ3v) is 4.49. The van der Waals surface area contributed by atoms with Gasteiger partial charge in [0.2, 0.25) is 0 Å². The Bertz CT molecular complexity index is 833. The molecule has 2 aromatic rings. The van der Waals surface area contributed by atoms with Crippen molar-refractivity contribution in [3.8, 4) is 0 Å². The molecule has 0 unspecified atom stereocenters. The van der Waals surface area contributed by atoms with Crippen LogP contribution in [0.1, 0.15) is 15.9 Å². The first-order valence-corrected chi connectivity index (χ1v) is 8.81. The summed E-state index contributed by atoms with van der Waals surface area (Å²) < 4.78 is 44.7. The van der Waals surface area contributed by atoms with Crippen LogP contribution in [-0.2, 0) is 10.9 Å². The topological polar surface area (TPSA) is 41.6 Å². The molecule has 0 radical (unpaired) electrons. The zero-order chi connectivity index (χ0) is 19.6. The number of carbonyl (C=O) groups is 1. The molecule has 0 saturated carbocycles. The summed E-state index contributed by atoms with van der Waals surface area (Å²) in [6.45, 7) is 1.94. The van der Waals surface area contributed by atoms with Gasteiger partial charge in [-0.25, -0.2) is 0 Å². The van der Waals surface area contributed by atoms with E-state index in [1.165, 1.54) is 24.3 Å². The highest BCUT2D eigenvalue weighted by Crippen LogP contribution is 2.36. The Morgan fingerprint density at radius 2 is 1.67 bits per heavy atom. The quantitative estimate of drug-likeness (QED) is 0.753. The second-order valence-electron chi connectivity index (χ2n) is 5.94. The molecule has 1 aliphatic heterocycles. The fraction of sp³-hybridized carbons (Fsp3) is 0.278. The summed E-state index contributed by atoms with van der Waals surface area (Å²) in [5.41, 5.74) is -0.141. The van der Waals surface area contributed by atoms with Crippen LogP contribution in [0, 0.1) is 0 Å². The van der Waals surface area contributed by atoms with E-state index in [0.29, 0.717) is 32.0 Å². The van der Waals surface area contributed by atoms with Crippen molar-refractivity contribution >= 4 is 40.5 Å². The van der Waals surface area contributed by atoms with Crippen LogP contribution < -0.4 is 10.2 Å². The number of hydrogen-bond donors (Lipinski definition) is 1. The number of nitrogens with zero attached hydrogens (tertiary/aromatic N) is 1. The van der Waals surface area contributed by atoms with Crippen LogP contribution in [0.25, 0.3) is 0 Å².